The van der Waals surface area contributed by atoms with E-state index < -0.39 is 11.0 Å². The molecule has 0 heterocycles. The van der Waals surface area contributed by atoms with Crippen LogP contribution in [0.3, 0.4) is 0 Å². The Bertz CT molecular complexity index is 267. The van der Waals surface area contributed by atoms with Crippen LogP contribution in [0.15, 0.2) is 12.7 Å². The molecular formula is C14H26O4. The van der Waals surface area contributed by atoms with Crippen molar-refractivity contribution in [1.29, 1.82) is 0 Å². The lowest BCUT2D eigenvalue weighted by Crippen LogP contribution is -2.35. The van der Waals surface area contributed by atoms with Crippen LogP contribution in [0.2, 0.25) is 0 Å². The van der Waals surface area contributed by atoms with Crippen molar-refractivity contribution in [3.8, 4) is 0 Å². The van der Waals surface area contributed by atoms with Crippen LogP contribution in [0.4, 0.5) is 0 Å². The minimum Gasteiger partial charge on any atom is -0.465 e. The van der Waals surface area contributed by atoms with E-state index in [0.29, 0.717) is 12.8 Å². The SMILES string of the molecule is C=CCC(CC)(CC(=O)OCC(C)(C)CO)OC. The Kier molecular flexibility index (Phi) is 7.18. The van der Waals surface area contributed by atoms with Crippen LogP contribution in [-0.4, -0.2) is 37.0 Å². The Morgan fingerprint density at radius 2 is 2.06 bits per heavy atom. The second kappa shape index (κ2) is 7.54. The van der Waals surface area contributed by atoms with Gasteiger partial charge in [-0.15, -0.1) is 6.58 Å². The number of hydrogen-bond acceptors (Lipinski definition) is 4. The smallest absolute Gasteiger partial charge is 0.308 e. The van der Waals surface area contributed by atoms with Gasteiger partial charge in [-0.3, -0.25) is 4.79 Å². The topological polar surface area (TPSA) is 55.8 Å². The predicted molar refractivity (Wildman–Crippen MR) is 71.3 cm³/mol. The van der Waals surface area contributed by atoms with Gasteiger partial charge in [0.2, 0.25) is 0 Å². The van der Waals surface area contributed by atoms with Gasteiger partial charge >= 0.3 is 5.97 Å². The average molecular weight is 258 g/mol. The number of carbonyl (C=O) groups excluding carboxylic acids is 1. The third-order valence-corrected chi connectivity index (χ3v) is 3.11. The molecular weight excluding hydrogens is 232 g/mol. The van der Waals surface area contributed by atoms with E-state index in [2.05, 4.69) is 6.58 Å². The number of carbonyl (C=O) groups is 1. The summed E-state index contributed by atoms with van der Waals surface area (Å²) in [5.74, 6) is -0.304. The molecule has 0 amide bonds. The van der Waals surface area contributed by atoms with Crippen molar-refractivity contribution in [2.75, 3.05) is 20.3 Å². The lowest BCUT2D eigenvalue weighted by atomic mass is 9.92. The molecule has 1 N–H and O–H groups in total. The molecule has 0 bridgehead atoms. The molecule has 106 valence electrons. The number of hydrogen-bond donors (Lipinski definition) is 1. The Morgan fingerprint density at radius 1 is 1.44 bits per heavy atom. The molecule has 0 spiro atoms. The van der Waals surface area contributed by atoms with Crippen molar-refractivity contribution in [3.63, 3.8) is 0 Å². The maximum Gasteiger partial charge on any atom is 0.308 e. The molecule has 0 saturated carbocycles. The zero-order valence-corrected chi connectivity index (χ0v) is 12.0. The number of esters is 1. The fraction of sp³-hybridized carbons (Fsp3) is 0.786. The second-order valence-electron chi connectivity index (χ2n) is 5.39. The Hall–Kier alpha value is -0.870. The van der Waals surface area contributed by atoms with Crippen molar-refractivity contribution in [1.82, 2.24) is 0 Å². The Labute approximate surface area is 110 Å². The molecule has 0 aliphatic heterocycles. The van der Waals surface area contributed by atoms with Crippen molar-refractivity contribution < 1.29 is 19.4 Å². The molecule has 0 aliphatic rings. The van der Waals surface area contributed by atoms with E-state index in [0.717, 1.165) is 0 Å². The minimum atomic E-state index is -0.526. The van der Waals surface area contributed by atoms with Gasteiger partial charge in [0.05, 0.1) is 25.2 Å². The zero-order chi connectivity index (χ0) is 14.2. The largest absolute Gasteiger partial charge is 0.465 e. The normalized spacial score (nSPS) is 14.9. The van der Waals surface area contributed by atoms with Gasteiger partial charge in [0.15, 0.2) is 0 Å². The molecule has 0 fully saturated rings. The quantitative estimate of drug-likeness (QED) is 0.509. The highest BCUT2D eigenvalue weighted by atomic mass is 16.5. The van der Waals surface area contributed by atoms with E-state index in [1.54, 1.807) is 13.2 Å². The molecule has 0 radical (unpaired) electrons. The number of rotatable bonds is 9. The van der Waals surface area contributed by atoms with E-state index in [1.165, 1.54) is 0 Å². The van der Waals surface area contributed by atoms with Crippen LogP contribution < -0.4 is 0 Å². The minimum absolute atomic E-state index is 0.0177. The third kappa shape index (κ3) is 5.65. The molecule has 18 heavy (non-hydrogen) atoms. The van der Waals surface area contributed by atoms with Gasteiger partial charge in [0, 0.05) is 12.5 Å². The van der Waals surface area contributed by atoms with Gasteiger partial charge in [-0.1, -0.05) is 26.8 Å². The first kappa shape index (κ1) is 17.1. The van der Waals surface area contributed by atoms with E-state index in [4.69, 9.17) is 14.6 Å². The summed E-state index contributed by atoms with van der Waals surface area (Å²) in [5.41, 5.74) is -0.932. The highest BCUT2D eigenvalue weighted by Gasteiger charge is 2.31. The first-order valence-electron chi connectivity index (χ1n) is 6.27. The molecule has 0 rings (SSSR count). The van der Waals surface area contributed by atoms with Gasteiger partial charge in [-0.05, 0) is 12.8 Å². The summed E-state index contributed by atoms with van der Waals surface area (Å²) >= 11 is 0. The molecule has 0 saturated heterocycles. The first-order valence-corrected chi connectivity index (χ1v) is 6.27. The third-order valence-electron chi connectivity index (χ3n) is 3.11. The number of methoxy groups -OCH3 is 1. The van der Waals surface area contributed by atoms with Crippen LogP contribution in [-0.2, 0) is 14.3 Å². The van der Waals surface area contributed by atoms with Gasteiger partial charge in [0.1, 0.15) is 0 Å². The van der Waals surface area contributed by atoms with Crippen molar-refractivity contribution in [2.45, 2.75) is 45.6 Å². The van der Waals surface area contributed by atoms with E-state index in [9.17, 15) is 4.79 Å². The highest BCUT2D eigenvalue weighted by molar-refractivity contribution is 5.70. The zero-order valence-electron chi connectivity index (χ0n) is 12.0. The number of aliphatic hydroxyl groups excluding tert-OH is 1. The van der Waals surface area contributed by atoms with Crippen molar-refractivity contribution in [2.24, 2.45) is 5.41 Å². The fourth-order valence-corrected chi connectivity index (χ4v) is 1.54. The second-order valence-corrected chi connectivity index (χ2v) is 5.39. The maximum atomic E-state index is 11.8. The maximum absolute atomic E-state index is 11.8. The fourth-order valence-electron chi connectivity index (χ4n) is 1.54. The molecule has 0 aliphatic carbocycles. The van der Waals surface area contributed by atoms with Crippen LogP contribution in [0.25, 0.3) is 0 Å². The Morgan fingerprint density at radius 3 is 2.44 bits per heavy atom. The molecule has 0 aromatic rings. The summed E-state index contributed by atoms with van der Waals surface area (Å²) in [6.45, 7) is 9.52. The Balaban J connectivity index is 4.39. The van der Waals surface area contributed by atoms with E-state index >= 15 is 0 Å². The summed E-state index contributed by atoms with van der Waals surface area (Å²) < 4.78 is 10.6. The highest BCUT2D eigenvalue weighted by Crippen LogP contribution is 2.25. The lowest BCUT2D eigenvalue weighted by molar-refractivity contribution is -0.154. The number of ether oxygens (including phenoxy) is 2. The summed E-state index contributed by atoms with van der Waals surface area (Å²) in [5, 5.41) is 9.09. The van der Waals surface area contributed by atoms with Crippen LogP contribution in [0, 0.1) is 5.41 Å². The van der Waals surface area contributed by atoms with E-state index in [-0.39, 0.29) is 25.6 Å². The van der Waals surface area contributed by atoms with Gasteiger partial charge in [0.25, 0.3) is 0 Å². The van der Waals surface area contributed by atoms with E-state index in [1.807, 2.05) is 20.8 Å². The average Bonchev–Trinajstić information content (AvgIpc) is 2.36. The predicted octanol–water partition coefficient (Wildman–Crippen LogP) is 2.31. The van der Waals surface area contributed by atoms with Crippen molar-refractivity contribution >= 4 is 5.97 Å². The number of aliphatic hydroxyl groups is 1. The van der Waals surface area contributed by atoms with Crippen molar-refractivity contribution in [3.05, 3.63) is 12.7 Å². The molecule has 0 aromatic carbocycles. The summed E-state index contributed by atoms with van der Waals surface area (Å²) in [6, 6.07) is 0. The van der Waals surface area contributed by atoms with Gasteiger partial charge in [-0.25, -0.2) is 0 Å². The van der Waals surface area contributed by atoms with Gasteiger partial charge in [-0.2, -0.15) is 0 Å². The van der Waals surface area contributed by atoms with Crippen LogP contribution in [0.1, 0.15) is 40.0 Å². The molecule has 4 nitrogen and oxygen atoms in total. The molecule has 4 heteroatoms. The molecule has 1 unspecified atom stereocenters. The summed E-state index contributed by atoms with van der Waals surface area (Å²) in [6.07, 6.45) is 3.28. The summed E-state index contributed by atoms with van der Waals surface area (Å²) in [4.78, 5) is 11.8. The van der Waals surface area contributed by atoms with Crippen LogP contribution in [0.5, 0.6) is 0 Å². The van der Waals surface area contributed by atoms with Gasteiger partial charge < -0.3 is 14.6 Å². The lowest BCUT2D eigenvalue weighted by Gasteiger charge is -2.30. The molecule has 1 atom stereocenters. The summed E-state index contributed by atoms with van der Waals surface area (Å²) in [7, 11) is 1.60. The standard InChI is InChI=1S/C14H26O4/c1-6-8-14(7-2,17-5)9-12(16)18-11-13(3,4)10-15/h6,15H,1,7-11H2,2-5H3. The first-order chi connectivity index (χ1) is 8.34. The monoisotopic (exact) mass is 258 g/mol. The molecule has 0 aromatic heterocycles. The van der Waals surface area contributed by atoms with Crippen LogP contribution >= 0.6 is 0 Å².